The highest BCUT2D eigenvalue weighted by Gasteiger charge is 2.33. The van der Waals surface area contributed by atoms with E-state index in [1.807, 2.05) is 19.9 Å². The van der Waals surface area contributed by atoms with Crippen LogP contribution in [0.15, 0.2) is 42.0 Å². The van der Waals surface area contributed by atoms with Gasteiger partial charge in [-0.1, -0.05) is 17.7 Å². The van der Waals surface area contributed by atoms with Gasteiger partial charge in [-0.3, -0.25) is 0 Å². The number of ether oxygens (including phenoxy) is 1. The van der Waals surface area contributed by atoms with Gasteiger partial charge in [0.05, 0.1) is 18.6 Å². The lowest BCUT2D eigenvalue weighted by Crippen LogP contribution is -2.24. The highest BCUT2D eigenvalue weighted by molar-refractivity contribution is 5.53. The van der Waals surface area contributed by atoms with Crippen LogP contribution < -0.4 is 4.74 Å². The van der Waals surface area contributed by atoms with Crippen molar-refractivity contribution in [1.29, 1.82) is 0 Å². The van der Waals surface area contributed by atoms with Crippen LogP contribution in [0.5, 0.6) is 23.0 Å². The first kappa shape index (κ1) is 17.2. The molecule has 3 rings (SSSR count). The molecule has 1 aliphatic heterocycles. The lowest BCUT2D eigenvalue weighted by atomic mass is 9.85. The van der Waals surface area contributed by atoms with Crippen molar-refractivity contribution in [3.8, 4) is 23.0 Å². The summed E-state index contributed by atoms with van der Waals surface area (Å²) in [6.45, 7) is 4.06. The minimum Gasteiger partial charge on any atom is -0.508 e. The van der Waals surface area contributed by atoms with Crippen LogP contribution in [-0.4, -0.2) is 27.0 Å². The fourth-order valence-corrected chi connectivity index (χ4v) is 3.09. The fraction of sp³-hybridized carbons (Fsp3) is 0.300. The molecule has 0 radical (unpaired) electrons. The Kier molecular flexibility index (Phi) is 4.59. The molecule has 0 fully saturated rings. The third-order valence-corrected chi connectivity index (χ3v) is 4.52. The van der Waals surface area contributed by atoms with Crippen molar-refractivity contribution < 1.29 is 25.2 Å². The van der Waals surface area contributed by atoms with Gasteiger partial charge in [0.1, 0.15) is 23.0 Å². The summed E-state index contributed by atoms with van der Waals surface area (Å²) in [6.07, 6.45) is 1.45. The zero-order valence-corrected chi connectivity index (χ0v) is 14.2. The third kappa shape index (κ3) is 3.28. The van der Waals surface area contributed by atoms with Crippen LogP contribution in [0.3, 0.4) is 0 Å². The van der Waals surface area contributed by atoms with Crippen LogP contribution in [0, 0.1) is 0 Å². The van der Waals surface area contributed by atoms with E-state index in [-0.39, 0.29) is 23.9 Å². The maximum atomic E-state index is 10.7. The van der Waals surface area contributed by atoms with Crippen molar-refractivity contribution >= 4 is 0 Å². The molecule has 0 saturated heterocycles. The van der Waals surface area contributed by atoms with Gasteiger partial charge in [-0.15, -0.1) is 0 Å². The number of aliphatic hydroxyl groups is 1. The molecule has 2 atom stereocenters. The predicted octanol–water partition coefficient (Wildman–Crippen LogP) is 3.52. The fourth-order valence-electron chi connectivity index (χ4n) is 3.09. The highest BCUT2D eigenvalue weighted by atomic mass is 16.5. The van der Waals surface area contributed by atoms with Gasteiger partial charge in [-0.2, -0.15) is 0 Å². The number of phenolic OH excluding ortho intramolecular Hbond substituents is 3. The summed E-state index contributed by atoms with van der Waals surface area (Å²) >= 11 is 0. The van der Waals surface area contributed by atoms with Gasteiger partial charge in [-0.25, -0.2) is 0 Å². The number of hydrogen-bond donors (Lipinski definition) is 4. The summed E-state index contributed by atoms with van der Waals surface area (Å²) < 4.78 is 5.66. The minimum absolute atomic E-state index is 0.0209. The zero-order valence-electron chi connectivity index (χ0n) is 14.2. The van der Waals surface area contributed by atoms with Crippen LogP contribution in [0.25, 0.3) is 0 Å². The standard InChI is InChI=1S/C20H22O5/c1-11(2)3-5-14-17(22)8-7-13(19(14)23)16-10-25-18-9-12(21)4-6-15(18)20(16)24/h3-4,6-9,16,20-24H,5,10H2,1-2H3/t16-,20+/m0/s1. The van der Waals surface area contributed by atoms with E-state index in [0.29, 0.717) is 28.9 Å². The molecule has 5 heteroatoms. The van der Waals surface area contributed by atoms with Crippen LogP contribution in [-0.2, 0) is 6.42 Å². The Bertz CT molecular complexity index is 821. The van der Waals surface area contributed by atoms with E-state index in [1.165, 1.54) is 18.2 Å². The van der Waals surface area contributed by atoms with E-state index in [4.69, 9.17) is 4.74 Å². The average molecular weight is 342 g/mol. The Morgan fingerprint density at radius 3 is 2.56 bits per heavy atom. The van der Waals surface area contributed by atoms with Gasteiger partial charge < -0.3 is 25.2 Å². The molecule has 0 aromatic heterocycles. The van der Waals surface area contributed by atoms with Gasteiger partial charge in [-0.05, 0) is 38.5 Å². The van der Waals surface area contributed by atoms with E-state index >= 15 is 0 Å². The molecule has 0 aliphatic carbocycles. The summed E-state index contributed by atoms with van der Waals surface area (Å²) in [4.78, 5) is 0. The lowest BCUT2D eigenvalue weighted by molar-refractivity contribution is 0.0874. The number of hydrogen-bond acceptors (Lipinski definition) is 5. The molecular formula is C20H22O5. The average Bonchev–Trinajstić information content (AvgIpc) is 2.55. The van der Waals surface area contributed by atoms with Crippen molar-refractivity contribution in [3.05, 3.63) is 58.7 Å². The molecule has 2 aromatic rings. The number of rotatable bonds is 3. The highest BCUT2D eigenvalue weighted by Crippen LogP contribution is 2.45. The van der Waals surface area contributed by atoms with Crippen LogP contribution in [0.4, 0.5) is 0 Å². The molecule has 25 heavy (non-hydrogen) atoms. The summed E-state index contributed by atoms with van der Waals surface area (Å²) in [5.41, 5.74) is 2.61. The molecule has 0 unspecified atom stereocenters. The summed E-state index contributed by atoms with van der Waals surface area (Å²) in [7, 11) is 0. The van der Waals surface area contributed by atoms with Crippen molar-refractivity contribution in [2.24, 2.45) is 0 Å². The maximum absolute atomic E-state index is 10.7. The normalized spacial score (nSPS) is 19.0. The number of benzene rings is 2. The van der Waals surface area contributed by atoms with Gasteiger partial charge in [0.15, 0.2) is 0 Å². The summed E-state index contributed by atoms with van der Waals surface area (Å²) in [5, 5.41) is 41.0. The Hall–Kier alpha value is -2.66. The predicted molar refractivity (Wildman–Crippen MR) is 94.2 cm³/mol. The van der Waals surface area contributed by atoms with Gasteiger partial charge >= 0.3 is 0 Å². The van der Waals surface area contributed by atoms with Crippen LogP contribution in [0.2, 0.25) is 0 Å². The number of fused-ring (bicyclic) bond motifs is 1. The topological polar surface area (TPSA) is 90.2 Å². The molecule has 0 amide bonds. The second-order valence-electron chi connectivity index (χ2n) is 6.57. The monoisotopic (exact) mass is 342 g/mol. The molecule has 0 saturated carbocycles. The molecule has 0 bridgehead atoms. The Labute approximate surface area is 146 Å². The van der Waals surface area contributed by atoms with Crippen molar-refractivity contribution in [1.82, 2.24) is 0 Å². The summed E-state index contributed by atoms with van der Waals surface area (Å²) in [5.74, 6) is 0.0402. The van der Waals surface area contributed by atoms with E-state index < -0.39 is 12.0 Å². The Morgan fingerprint density at radius 1 is 1.12 bits per heavy atom. The molecule has 4 N–H and O–H groups in total. The van der Waals surface area contributed by atoms with E-state index in [0.717, 1.165) is 5.57 Å². The molecule has 1 aliphatic rings. The van der Waals surface area contributed by atoms with Crippen molar-refractivity contribution in [2.45, 2.75) is 32.3 Å². The largest absolute Gasteiger partial charge is 0.508 e. The van der Waals surface area contributed by atoms with Gasteiger partial charge in [0, 0.05) is 22.8 Å². The number of allylic oxidation sites excluding steroid dienone is 2. The number of phenols is 3. The first-order valence-electron chi connectivity index (χ1n) is 8.19. The molecule has 0 spiro atoms. The zero-order chi connectivity index (χ0) is 18.1. The van der Waals surface area contributed by atoms with Crippen LogP contribution >= 0.6 is 0 Å². The molecular weight excluding hydrogens is 320 g/mol. The van der Waals surface area contributed by atoms with E-state index in [2.05, 4.69) is 0 Å². The van der Waals surface area contributed by atoms with E-state index in [1.54, 1.807) is 12.1 Å². The number of aliphatic hydroxyl groups excluding tert-OH is 1. The molecule has 2 aromatic carbocycles. The minimum atomic E-state index is -0.879. The van der Waals surface area contributed by atoms with E-state index in [9.17, 15) is 20.4 Å². The number of aromatic hydroxyl groups is 3. The quantitative estimate of drug-likeness (QED) is 0.641. The van der Waals surface area contributed by atoms with Crippen LogP contribution in [0.1, 0.15) is 42.6 Å². The van der Waals surface area contributed by atoms with Gasteiger partial charge in [0.2, 0.25) is 0 Å². The molecule has 132 valence electrons. The SMILES string of the molecule is CC(C)=CCc1c(O)ccc([C@@H]2COc3cc(O)ccc3[C@H]2O)c1O. The van der Waals surface area contributed by atoms with Gasteiger partial charge in [0.25, 0.3) is 0 Å². The second-order valence-corrected chi connectivity index (χ2v) is 6.57. The molecule has 5 nitrogen and oxygen atoms in total. The first-order valence-corrected chi connectivity index (χ1v) is 8.19. The smallest absolute Gasteiger partial charge is 0.128 e. The second kappa shape index (κ2) is 6.69. The maximum Gasteiger partial charge on any atom is 0.128 e. The first-order chi connectivity index (χ1) is 11.9. The van der Waals surface area contributed by atoms with Crippen molar-refractivity contribution in [2.75, 3.05) is 6.61 Å². The third-order valence-electron chi connectivity index (χ3n) is 4.52. The van der Waals surface area contributed by atoms with Crippen molar-refractivity contribution in [3.63, 3.8) is 0 Å². The molecule has 1 heterocycles. The Morgan fingerprint density at radius 2 is 1.84 bits per heavy atom. The summed E-state index contributed by atoms with van der Waals surface area (Å²) in [6, 6.07) is 7.71. The lowest BCUT2D eigenvalue weighted by Gasteiger charge is -2.31. The Balaban J connectivity index is 1.98.